The number of methoxy groups -OCH3 is 1. The van der Waals surface area contributed by atoms with Crippen LogP contribution >= 0.6 is 0 Å². The number of ether oxygens (including phenoxy) is 2. The van der Waals surface area contributed by atoms with Gasteiger partial charge in [-0.3, -0.25) is 0 Å². The molecule has 0 saturated carbocycles. The van der Waals surface area contributed by atoms with Crippen molar-refractivity contribution in [2.24, 2.45) is 0 Å². The standard InChI is InChI=1S/C17H26O3/c1-3-4-5-6-7-8-11-14-20-16-13-10-9-12-15(16)17(18)19-2/h9-10,12-13H,3-8,11,14H2,1-2H3. The molecule has 0 saturated heterocycles. The van der Waals surface area contributed by atoms with E-state index < -0.39 is 0 Å². The van der Waals surface area contributed by atoms with E-state index in [0.717, 1.165) is 6.42 Å². The zero-order chi connectivity index (χ0) is 14.6. The number of hydrogen-bond donors (Lipinski definition) is 0. The van der Waals surface area contributed by atoms with Crippen molar-refractivity contribution in [3.05, 3.63) is 29.8 Å². The van der Waals surface area contributed by atoms with Crippen LogP contribution in [-0.4, -0.2) is 19.7 Å². The number of carbonyl (C=O) groups is 1. The minimum Gasteiger partial charge on any atom is -0.493 e. The Bertz CT molecular complexity index is 388. The number of hydrogen-bond acceptors (Lipinski definition) is 3. The van der Waals surface area contributed by atoms with Crippen LogP contribution in [0.3, 0.4) is 0 Å². The van der Waals surface area contributed by atoms with Gasteiger partial charge in [0.1, 0.15) is 11.3 Å². The zero-order valence-corrected chi connectivity index (χ0v) is 12.7. The van der Waals surface area contributed by atoms with E-state index in [1.807, 2.05) is 18.2 Å². The highest BCUT2D eigenvalue weighted by Crippen LogP contribution is 2.19. The molecule has 0 aliphatic carbocycles. The molecule has 0 aliphatic rings. The third-order valence-corrected chi connectivity index (χ3v) is 3.30. The molecule has 1 rings (SSSR count). The second-order valence-corrected chi connectivity index (χ2v) is 4.96. The van der Waals surface area contributed by atoms with E-state index in [-0.39, 0.29) is 5.97 Å². The molecule has 3 heteroatoms. The molecule has 0 atom stereocenters. The normalized spacial score (nSPS) is 10.3. The Kier molecular flexibility index (Phi) is 8.52. The molecular formula is C17H26O3. The SMILES string of the molecule is CCCCCCCCCOc1ccccc1C(=O)OC. The fourth-order valence-corrected chi connectivity index (χ4v) is 2.11. The van der Waals surface area contributed by atoms with E-state index in [2.05, 4.69) is 6.92 Å². The summed E-state index contributed by atoms with van der Waals surface area (Å²) in [5.74, 6) is 0.269. The first-order valence-corrected chi connectivity index (χ1v) is 7.59. The average molecular weight is 278 g/mol. The second kappa shape index (κ2) is 10.3. The van der Waals surface area contributed by atoms with Gasteiger partial charge in [0, 0.05) is 0 Å². The molecule has 0 amide bonds. The summed E-state index contributed by atoms with van der Waals surface area (Å²) in [5.41, 5.74) is 0.498. The summed E-state index contributed by atoms with van der Waals surface area (Å²) in [6.45, 7) is 2.88. The van der Waals surface area contributed by atoms with Crippen molar-refractivity contribution in [1.82, 2.24) is 0 Å². The first-order valence-electron chi connectivity index (χ1n) is 7.59. The van der Waals surface area contributed by atoms with E-state index in [4.69, 9.17) is 9.47 Å². The van der Waals surface area contributed by atoms with Gasteiger partial charge in [-0.15, -0.1) is 0 Å². The lowest BCUT2D eigenvalue weighted by Gasteiger charge is -2.09. The molecule has 0 bridgehead atoms. The van der Waals surface area contributed by atoms with Crippen molar-refractivity contribution in [1.29, 1.82) is 0 Å². The minimum atomic E-state index is -0.347. The third-order valence-electron chi connectivity index (χ3n) is 3.30. The van der Waals surface area contributed by atoms with E-state index in [9.17, 15) is 4.79 Å². The summed E-state index contributed by atoms with van der Waals surface area (Å²) in [6, 6.07) is 7.22. The number of benzene rings is 1. The zero-order valence-electron chi connectivity index (χ0n) is 12.7. The second-order valence-electron chi connectivity index (χ2n) is 4.96. The number of carbonyl (C=O) groups excluding carboxylic acids is 1. The van der Waals surface area contributed by atoms with Crippen molar-refractivity contribution in [3.8, 4) is 5.75 Å². The van der Waals surface area contributed by atoms with E-state index in [1.165, 1.54) is 45.6 Å². The Balaban J connectivity index is 2.23. The molecule has 3 nitrogen and oxygen atoms in total. The fourth-order valence-electron chi connectivity index (χ4n) is 2.11. The highest BCUT2D eigenvalue weighted by Gasteiger charge is 2.11. The highest BCUT2D eigenvalue weighted by molar-refractivity contribution is 5.92. The Morgan fingerprint density at radius 2 is 1.65 bits per heavy atom. The molecule has 0 spiro atoms. The molecule has 0 radical (unpaired) electrons. The van der Waals surface area contributed by atoms with Gasteiger partial charge in [-0.05, 0) is 18.6 Å². The predicted octanol–water partition coefficient (Wildman–Crippen LogP) is 4.60. The number of esters is 1. The number of para-hydroxylation sites is 1. The fraction of sp³-hybridized carbons (Fsp3) is 0.588. The molecule has 20 heavy (non-hydrogen) atoms. The van der Waals surface area contributed by atoms with Gasteiger partial charge in [-0.1, -0.05) is 57.6 Å². The summed E-state index contributed by atoms with van der Waals surface area (Å²) in [6.07, 6.45) is 8.75. The van der Waals surface area contributed by atoms with Gasteiger partial charge in [0.15, 0.2) is 0 Å². The highest BCUT2D eigenvalue weighted by atomic mass is 16.5. The quantitative estimate of drug-likeness (QED) is 0.463. The van der Waals surface area contributed by atoms with E-state index >= 15 is 0 Å². The number of rotatable bonds is 10. The van der Waals surface area contributed by atoms with Crippen molar-refractivity contribution < 1.29 is 14.3 Å². The first-order chi connectivity index (χ1) is 9.79. The predicted molar refractivity (Wildman–Crippen MR) is 81.3 cm³/mol. The van der Waals surface area contributed by atoms with Crippen LogP contribution in [0.2, 0.25) is 0 Å². The molecule has 0 N–H and O–H groups in total. The van der Waals surface area contributed by atoms with Crippen molar-refractivity contribution in [2.75, 3.05) is 13.7 Å². The van der Waals surface area contributed by atoms with Gasteiger partial charge in [0.25, 0.3) is 0 Å². The summed E-state index contributed by atoms with van der Waals surface area (Å²) < 4.78 is 10.4. The van der Waals surface area contributed by atoms with Crippen LogP contribution in [0.1, 0.15) is 62.2 Å². The number of unbranched alkanes of at least 4 members (excludes halogenated alkanes) is 6. The maximum absolute atomic E-state index is 11.6. The van der Waals surface area contributed by atoms with Crippen molar-refractivity contribution >= 4 is 5.97 Å². The molecule has 1 aromatic rings. The van der Waals surface area contributed by atoms with Crippen molar-refractivity contribution in [2.45, 2.75) is 51.9 Å². The Labute approximate surface area is 122 Å². The Morgan fingerprint density at radius 3 is 2.35 bits per heavy atom. The van der Waals surface area contributed by atoms with Gasteiger partial charge >= 0.3 is 5.97 Å². The van der Waals surface area contributed by atoms with Crippen LogP contribution in [0.5, 0.6) is 5.75 Å². The van der Waals surface area contributed by atoms with Gasteiger partial charge in [-0.25, -0.2) is 4.79 Å². The first kappa shape index (κ1) is 16.5. The monoisotopic (exact) mass is 278 g/mol. The van der Waals surface area contributed by atoms with Crippen LogP contribution in [0.25, 0.3) is 0 Å². The average Bonchev–Trinajstić information content (AvgIpc) is 2.49. The molecule has 0 fully saturated rings. The summed E-state index contributed by atoms with van der Waals surface area (Å²) in [4.78, 5) is 11.6. The Morgan fingerprint density at radius 1 is 1.00 bits per heavy atom. The topological polar surface area (TPSA) is 35.5 Å². The summed E-state index contributed by atoms with van der Waals surface area (Å²) in [7, 11) is 1.38. The van der Waals surface area contributed by atoms with Gasteiger partial charge in [0.2, 0.25) is 0 Å². The maximum Gasteiger partial charge on any atom is 0.341 e. The van der Waals surface area contributed by atoms with E-state index in [0.29, 0.717) is 17.9 Å². The minimum absolute atomic E-state index is 0.347. The van der Waals surface area contributed by atoms with Gasteiger partial charge in [0.05, 0.1) is 13.7 Å². The van der Waals surface area contributed by atoms with Crippen molar-refractivity contribution in [3.63, 3.8) is 0 Å². The Hall–Kier alpha value is -1.51. The molecule has 0 heterocycles. The molecular weight excluding hydrogens is 252 g/mol. The molecule has 1 aromatic carbocycles. The van der Waals surface area contributed by atoms with Gasteiger partial charge in [-0.2, -0.15) is 0 Å². The smallest absolute Gasteiger partial charge is 0.341 e. The molecule has 0 aliphatic heterocycles. The van der Waals surface area contributed by atoms with E-state index in [1.54, 1.807) is 6.07 Å². The van der Waals surface area contributed by atoms with Crippen LogP contribution in [0.4, 0.5) is 0 Å². The molecule has 0 aromatic heterocycles. The van der Waals surface area contributed by atoms with Crippen LogP contribution in [-0.2, 0) is 4.74 Å². The molecule has 0 unspecified atom stereocenters. The lowest BCUT2D eigenvalue weighted by molar-refractivity contribution is 0.0596. The summed E-state index contributed by atoms with van der Waals surface area (Å²) >= 11 is 0. The van der Waals surface area contributed by atoms with Crippen LogP contribution in [0, 0.1) is 0 Å². The molecule has 112 valence electrons. The van der Waals surface area contributed by atoms with Crippen LogP contribution < -0.4 is 4.74 Å². The maximum atomic E-state index is 11.6. The summed E-state index contributed by atoms with van der Waals surface area (Å²) in [5, 5.41) is 0. The lowest BCUT2D eigenvalue weighted by Crippen LogP contribution is -2.06. The third kappa shape index (κ3) is 6.09. The largest absolute Gasteiger partial charge is 0.493 e. The van der Waals surface area contributed by atoms with Crippen LogP contribution in [0.15, 0.2) is 24.3 Å². The lowest BCUT2D eigenvalue weighted by atomic mass is 10.1. The van der Waals surface area contributed by atoms with Gasteiger partial charge < -0.3 is 9.47 Å².